The fourth-order valence-electron chi connectivity index (χ4n) is 2.95. The zero-order chi connectivity index (χ0) is 14.5. The summed E-state index contributed by atoms with van der Waals surface area (Å²) in [5.41, 5.74) is 9.52. The number of para-hydroxylation sites is 1. The van der Waals surface area contributed by atoms with Gasteiger partial charge in [-0.3, -0.25) is 0 Å². The minimum Gasteiger partial charge on any atom is -0.493 e. The van der Waals surface area contributed by atoms with E-state index in [1.165, 1.54) is 30.7 Å². The zero-order valence-electron chi connectivity index (χ0n) is 12.4. The molecule has 0 saturated heterocycles. The number of hydrogen-bond donors (Lipinski definition) is 1. The van der Waals surface area contributed by atoms with E-state index in [1.807, 2.05) is 30.6 Å². The topological polar surface area (TPSA) is 53.1 Å². The lowest BCUT2D eigenvalue weighted by Gasteiger charge is -2.14. The molecular formula is C17H23N3O. The van der Waals surface area contributed by atoms with Gasteiger partial charge in [-0.15, -0.1) is 0 Å². The van der Waals surface area contributed by atoms with Crippen LogP contribution in [0.1, 0.15) is 36.2 Å². The number of benzene rings is 1. The van der Waals surface area contributed by atoms with Crippen molar-refractivity contribution in [1.29, 1.82) is 0 Å². The Morgan fingerprint density at radius 2 is 2.05 bits per heavy atom. The summed E-state index contributed by atoms with van der Waals surface area (Å²) in [7, 11) is 0. The van der Waals surface area contributed by atoms with Crippen LogP contribution in [0.2, 0.25) is 0 Å². The summed E-state index contributed by atoms with van der Waals surface area (Å²) in [6.45, 7) is 2.21. The molecule has 1 aliphatic carbocycles. The largest absolute Gasteiger partial charge is 0.493 e. The van der Waals surface area contributed by atoms with Crippen molar-refractivity contribution in [2.75, 3.05) is 6.61 Å². The van der Waals surface area contributed by atoms with E-state index < -0.39 is 0 Å². The standard InChI is InChI=1S/C17H23N3O/c18-12-14-6-1-4-9-17(14)21-11-5-10-20-13-19-15-7-2-3-8-16(15)20/h1,4,6,9,13H,2-3,5,7-8,10-12,18H2. The maximum absolute atomic E-state index is 5.86. The molecule has 0 atom stereocenters. The smallest absolute Gasteiger partial charge is 0.123 e. The van der Waals surface area contributed by atoms with Crippen molar-refractivity contribution in [2.24, 2.45) is 5.73 Å². The lowest BCUT2D eigenvalue weighted by Crippen LogP contribution is -2.11. The van der Waals surface area contributed by atoms with Crippen LogP contribution in [0.25, 0.3) is 0 Å². The third kappa shape index (κ3) is 3.27. The lowest BCUT2D eigenvalue weighted by atomic mass is 10.0. The van der Waals surface area contributed by atoms with Gasteiger partial charge >= 0.3 is 0 Å². The molecule has 0 amide bonds. The number of nitrogens with two attached hydrogens (primary N) is 1. The molecule has 0 saturated carbocycles. The van der Waals surface area contributed by atoms with Gasteiger partial charge in [0.2, 0.25) is 0 Å². The number of ether oxygens (including phenoxy) is 1. The van der Waals surface area contributed by atoms with E-state index in [0.29, 0.717) is 13.2 Å². The first kappa shape index (κ1) is 14.1. The Bertz CT molecular complexity index is 591. The molecule has 21 heavy (non-hydrogen) atoms. The molecule has 4 heteroatoms. The number of nitrogens with zero attached hydrogens (tertiary/aromatic N) is 2. The van der Waals surface area contributed by atoms with Crippen LogP contribution in [0.4, 0.5) is 0 Å². The SMILES string of the molecule is NCc1ccccc1OCCCn1cnc2c1CCCC2. The molecule has 3 rings (SSSR count). The minimum absolute atomic E-state index is 0.519. The lowest BCUT2D eigenvalue weighted by molar-refractivity contribution is 0.298. The normalized spacial score (nSPS) is 14.0. The molecule has 0 aliphatic heterocycles. The second-order valence-electron chi connectivity index (χ2n) is 5.55. The highest BCUT2D eigenvalue weighted by Gasteiger charge is 2.14. The van der Waals surface area contributed by atoms with Gasteiger partial charge in [-0.2, -0.15) is 0 Å². The van der Waals surface area contributed by atoms with Crippen molar-refractivity contribution in [2.45, 2.75) is 45.2 Å². The predicted molar refractivity (Wildman–Crippen MR) is 83.3 cm³/mol. The number of rotatable bonds is 6. The molecule has 112 valence electrons. The number of aromatic nitrogens is 2. The molecule has 1 aromatic carbocycles. The molecule has 1 aromatic heterocycles. The van der Waals surface area contributed by atoms with E-state index in [-0.39, 0.29) is 0 Å². The van der Waals surface area contributed by atoms with Gasteiger partial charge < -0.3 is 15.0 Å². The maximum atomic E-state index is 5.86. The number of hydrogen-bond acceptors (Lipinski definition) is 3. The average Bonchev–Trinajstić information content (AvgIpc) is 2.95. The van der Waals surface area contributed by atoms with Crippen LogP contribution >= 0.6 is 0 Å². The maximum Gasteiger partial charge on any atom is 0.123 e. The van der Waals surface area contributed by atoms with Crippen molar-refractivity contribution in [3.05, 3.63) is 47.5 Å². The molecule has 0 spiro atoms. The number of fused-ring (bicyclic) bond motifs is 1. The van der Waals surface area contributed by atoms with Crippen LogP contribution in [-0.2, 0) is 25.9 Å². The Balaban J connectivity index is 1.51. The van der Waals surface area contributed by atoms with E-state index in [9.17, 15) is 0 Å². The molecule has 2 aromatic rings. The highest BCUT2D eigenvalue weighted by Crippen LogP contribution is 2.20. The van der Waals surface area contributed by atoms with Crippen molar-refractivity contribution in [3.63, 3.8) is 0 Å². The van der Waals surface area contributed by atoms with Gasteiger partial charge in [0.25, 0.3) is 0 Å². The number of imidazole rings is 1. The highest BCUT2D eigenvalue weighted by molar-refractivity contribution is 5.32. The fraction of sp³-hybridized carbons (Fsp3) is 0.471. The molecule has 2 N–H and O–H groups in total. The third-order valence-corrected chi connectivity index (χ3v) is 4.10. The van der Waals surface area contributed by atoms with Gasteiger partial charge in [0.15, 0.2) is 0 Å². The summed E-state index contributed by atoms with van der Waals surface area (Å²) in [4.78, 5) is 4.53. The first-order valence-electron chi connectivity index (χ1n) is 7.82. The van der Waals surface area contributed by atoms with Crippen LogP contribution in [-0.4, -0.2) is 16.2 Å². The Morgan fingerprint density at radius 1 is 1.19 bits per heavy atom. The first-order valence-corrected chi connectivity index (χ1v) is 7.82. The van der Waals surface area contributed by atoms with Crippen LogP contribution in [0, 0.1) is 0 Å². The van der Waals surface area contributed by atoms with Crippen LogP contribution < -0.4 is 10.5 Å². The molecule has 0 unspecified atom stereocenters. The number of aryl methyl sites for hydroxylation is 2. The van der Waals surface area contributed by atoms with E-state index in [2.05, 4.69) is 9.55 Å². The van der Waals surface area contributed by atoms with Crippen LogP contribution in [0.15, 0.2) is 30.6 Å². The van der Waals surface area contributed by atoms with Crippen molar-refractivity contribution >= 4 is 0 Å². The molecule has 1 heterocycles. The summed E-state index contributed by atoms with van der Waals surface area (Å²) >= 11 is 0. The molecule has 4 nitrogen and oxygen atoms in total. The second-order valence-corrected chi connectivity index (χ2v) is 5.55. The summed E-state index contributed by atoms with van der Waals surface area (Å²) in [5, 5.41) is 0. The fourth-order valence-corrected chi connectivity index (χ4v) is 2.95. The summed E-state index contributed by atoms with van der Waals surface area (Å²) < 4.78 is 8.15. The molecule has 0 bridgehead atoms. The quantitative estimate of drug-likeness (QED) is 0.830. The highest BCUT2D eigenvalue weighted by atomic mass is 16.5. The van der Waals surface area contributed by atoms with Crippen LogP contribution in [0.5, 0.6) is 5.75 Å². The minimum atomic E-state index is 0.519. The Kier molecular flexibility index (Phi) is 4.55. The average molecular weight is 285 g/mol. The Hall–Kier alpha value is -1.81. The van der Waals surface area contributed by atoms with Gasteiger partial charge in [0.1, 0.15) is 5.75 Å². The van der Waals surface area contributed by atoms with Gasteiger partial charge in [0.05, 0.1) is 18.6 Å². The summed E-state index contributed by atoms with van der Waals surface area (Å²) in [6, 6.07) is 7.98. The third-order valence-electron chi connectivity index (χ3n) is 4.10. The molecule has 0 radical (unpaired) electrons. The van der Waals surface area contributed by atoms with Gasteiger partial charge in [-0.1, -0.05) is 18.2 Å². The van der Waals surface area contributed by atoms with Crippen molar-refractivity contribution in [1.82, 2.24) is 9.55 Å². The van der Waals surface area contributed by atoms with Crippen molar-refractivity contribution in [3.8, 4) is 5.75 Å². The van der Waals surface area contributed by atoms with E-state index >= 15 is 0 Å². The molecule has 0 fully saturated rings. The van der Waals surface area contributed by atoms with Crippen LogP contribution in [0.3, 0.4) is 0 Å². The van der Waals surface area contributed by atoms with Crippen molar-refractivity contribution < 1.29 is 4.74 Å². The summed E-state index contributed by atoms with van der Waals surface area (Å²) in [6.07, 6.45) is 7.86. The predicted octanol–water partition coefficient (Wildman–Crippen LogP) is 2.69. The van der Waals surface area contributed by atoms with E-state index in [4.69, 9.17) is 10.5 Å². The van der Waals surface area contributed by atoms with Gasteiger partial charge in [-0.05, 0) is 38.2 Å². The molecular weight excluding hydrogens is 262 g/mol. The van der Waals surface area contributed by atoms with Gasteiger partial charge in [-0.25, -0.2) is 4.98 Å². The Labute approximate surface area is 125 Å². The van der Waals surface area contributed by atoms with E-state index in [0.717, 1.165) is 30.7 Å². The first-order chi connectivity index (χ1) is 10.4. The summed E-state index contributed by atoms with van der Waals surface area (Å²) in [5.74, 6) is 0.910. The zero-order valence-corrected chi connectivity index (χ0v) is 12.4. The monoisotopic (exact) mass is 285 g/mol. The second kappa shape index (κ2) is 6.76. The Morgan fingerprint density at radius 3 is 2.95 bits per heavy atom. The molecule has 1 aliphatic rings. The van der Waals surface area contributed by atoms with E-state index in [1.54, 1.807) is 0 Å². The van der Waals surface area contributed by atoms with Gasteiger partial charge in [0, 0.05) is 24.3 Å².